The Morgan fingerprint density at radius 2 is 1.81 bits per heavy atom. The second-order valence-electron chi connectivity index (χ2n) is 7.53. The molecule has 2 aromatic rings. The van der Waals surface area contributed by atoms with E-state index in [1.807, 2.05) is 44.1 Å². The third-order valence-corrected chi connectivity index (χ3v) is 5.98. The Morgan fingerprint density at radius 3 is 2.39 bits per heavy atom. The van der Waals surface area contributed by atoms with E-state index in [2.05, 4.69) is 5.32 Å². The fourth-order valence-corrected chi connectivity index (χ4v) is 3.91. The number of thiocarbonyl (C=S) groups is 1. The van der Waals surface area contributed by atoms with Crippen molar-refractivity contribution in [2.45, 2.75) is 31.9 Å². The molecule has 0 aliphatic heterocycles. The van der Waals surface area contributed by atoms with Crippen LogP contribution in [0.4, 0.5) is 18.9 Å². The van der Waals surface area contributed by atoms with Crippen LogP contribution in [0.5, 0.6) is 5.75 Å². The zero-order chi connectivity index (χ0) is 23.3. The molecule has 170 valence electrons. The highest BCUT2D eigenvalue weighted by Gasteiger charge is 2.35. The molecule has 1 N–H and O–H groups in total. The molecule has 0 spiro atoms. The summed E-state index contributed by atoms with van der Waals surface area (Å²) in [7, 11) is 5.51. The summed E-state index contributed by atoms with van der Waals surface area (Å²) in [5.41, 5.74) is 0.690. The number of hydrogen-bond acceptors (Lipinski definition) is 3. The first-order valence-electron chi connectivity index (χ1n) is 9.60. The molecule has 31 heavy (non-hydrogen) atoms. The van der Waals surface area contributed by atoms with E-state index < -0.39 is 11.7 Å². The van der Waals surface area contributed by atoms with Gasteiger partial charge in [-0.15, -0.1) is 0 Å². The van der Waals surface area contributed by atoms with E-state index in [0.29, 0.717) is 12.2 Å². The molecular formula is C22H25Cl2F3N2OS. The lowest BCUT2D eigenvalue weighted by molar-refractivity contribution is -0.136. The van der Waals surface area contributed by atoms with Crippen LogP contribution in [0, 0.1) is 6.92 Å². The van der Waals surface area contributed by atoms with Crippen molar-refractivity contribution in [1.29, 1.82) is 0 Å². The van der Waals surface area contributed by atoms with Crippen LogP contribution < -0.4 is 10.1 Å². The molecule has 0 bridgehead atoms. The van der Waals surface area contributed by atoms with Crippen LogP contribution in [0.1, 0.15) is 35.4 Å². The summed E-state index contributed by atoms with van der Waals surface area (Å²) in [5, 5.41) is 2.63. The average molecular weight is 493 g/mol. The van der Waals surface area contributed by atoms with Gasteiger partial charge < -0.3 is 15.0 Å². The first-order valence-corrected chi connectivity index (χ1v) is 10.8. The maximum atomic E-state index is 13.6. The Labute approximate surface area is 196 Å². The Kier molecular flexibility index (Phi) is 9.01. The van der Waals surface area contributed by atoms with Gasteiger partial charge in [0.2, 0.25) is 0 Å². The van der Waals surface area contributed by atoms with Crippen molar-refractivity contribution in [1.82, 2.24) is 4.90 Å². The quantitative estimate of drug-likeness (QED) is 0.394. The predicted molar refractivity (Wildman–Crippen MR) is 126 cm³/mol. The second-order valence-corrected chi connectivity index (χ2v) is 8.78. The third-order valence-electron chi connectivity index (χ3n) is 4.87. The fraction of sp³-hybridized carbons (Fsp3) is 0.409. The molecule has 0 aliphatic rings. The minimum atomic E-state index is -4.61. The molecule has 0 saturated carbocycles. The van der Waals surface area contributed by atoms with Crippen molar-refractivity contribution >= 4 is 46.1 Å². The molecule has 0 radical (unpaired) electrons. The Hall–Kier alpha value is -1.54. The van der Waals surface area contributed by atoms with Gasteiger partial charge in [0, 0.05) is 5.92 Å². The van der Waals surface area contributed by atoms with Crippen LogP contribution in [0.2, 0.25) is 10.0 Å². The Morgan fingerprint density at radius 1 is 1.16 bits per heavy atom. The van der Waals surface area contributed by atoms with E-state index >= 15 is 0 Å². The maximum Gasteiger partial charge on any atom is 0.418 e. The third kappa shape index (κ3) is 6.97. The summed E-state index contributed by atoms with van der Waals surface area (Å²) in [6, 6.07) is 7.68. The standard InChI is InChI=1S/C22H25Cl2F3N2OS/c1-13-7-8-14(10-20(13)30-4)15(6-5-9-29(2)3)21(31)28-19-12-18(24)17(23)11-16(19)22(25,26)27/h7-8,10-12,15H,5-6,9H2,1-4H3,(H,28,31). The number of hydrogen-bond donors (Lipinski definition) is 1. The average Bonchev–Trinajstić information content (AvgIpc) is 2.67. The number of alkyl halides is 3. The molecule has 0 fully saturated rings. The number of benzene rings is 2. The zero-order valence-electron chi connectivity index (χ0n) is 17.7. The van der Waals surface area contributed by atoms with E-state index in [-0.39, 0.29) is 26.6 Å². The molecule has 3 nitrogen and oxygen atoms in total. The zero-order valence-corrected chi connectivity index (χ0v) is 20.1. The first kappa shape index (κ1) is 25.7. The lowest BCUT2D eigenvalue weighted by Crippen LogP contribution is -2.23. The van der Waals surface area contributed by atoms with E-state index in [0.717, 1.165) is 36.2 Å². The van der Waals surface area contributed by atoms with Crippen LogP contribution in [0.15, 0.2) is 30.3 Å². The van der Waals surface area contributed by atoms with Gasteiger partial charge in [-0.25, -0.2) is 0 Å². The normalized spacial score (nSPS) is 12.7. The van der Waals surface area contributed by atoms with Gasteiger partial charge in [0.1, 0.15) is 5.75 Å². The number of anilines is 1. The molecule has 1 unspecified atom stereocenters. The van der Waals surface area contributed by atoms with Crippen LogP contribution in [-0.4, -0.2) is 37.6 Å². The molecule has 9 heteroatoms. The number of nitrogens with zero attached hydrogens (tertiary/aromatic N) is 1. The summed E-state index contributed by atoms with van der Waals surface area (Å²) in [4.78, 5) is 2.32. The number of nitrogens with one attached hydrogen (secondary N) is 1. The number of methoxy groups -OCH3 is 1. The van der Waals surface area contributed by atoms with E-state index in [9.17, 15) is 13.2 Å². The van der Waals surface area contributed by atoms with Gasteiger partial charge in [0.05, 0.1) is 33.4 Å². The van der Waals surface area contributed by atoms with Crippen molar-refractivity contribution in [3.63, 3.8) is 0 Å². The molecule has 0 amide bonds. The summed E-state index contributed by atoms with van der Waals surface area (Å²) >= 11 is 17.4. The molecule has 2 rings (SSSR count). The summed E-state index contributed by atoms with van der Waals surface area (Å²) < 4.78 is 46.1. The Balaban J connectivity index is 2.41. The van der Waals surface area contributed by atoms with Gasteiger partial charge in [0.25, 0.3) is 0 Å². The monoisotopic (exact) mass is 492 g/mol. The van der Waals surface area contributed by atoms with Gasteiger partial charge in [-0.1, -0.05) is 47.6 Å². The van der Waals surface area contributed by atoms with Gasteiger partial charge >= 0.3 is 6.18 Å². The van der Waals surface area contributed by atoms with Gasteiger partial charge in [0.15, 0.2) is 0 Å². The molecule has 0 aromatic heterocycles. The largest absolute Gasteiger partial charge is 0.496 e. The maximum absolute atomic E-state index is 13.6. The van der Waals surface area contributed by atoms with E-state index in [4.69, 9.17) is 40.2 Å². The van der Waals surface area contributed by atoms with E-state index in [1.165, 1.54) is 0 Å². The minimum Gasteiger partial charge on any atom is -0.496 e. The number of halogens is 5. The number of rotatable bonds is 8. The smallest absolute Gasteiger partial charge is 0.418 e. The Bertz CT molecular complexity index is 936. The van der Waals surface area contributed by atoms with Crippen molar-refractivity contribution < 1.29 is 17.9 Å². The number of ether oxygens (including phenoxy) is 1. The highest BCUT2D eigenvalue weighted by atomic mass is 35.5. The molecule has 0 saturated heterocycles. The SMILES string of the molecule is COc1cc(C(CCCN(C)C)C(=S)Nc2cc(Cl)c(Cl)cc2C(F)(F)F)ccc1C. The van der Waals surface area contributed by atoms with Gasteiger partial charge in [-0.2, -0.15) is 13.2 Å². The summed E-state index contributed by atoms with van der Waals surface area (Å²) in [6.07, 6.45) is -3.15. The first-order chi connectivity index (χ1) is 14.4. The van der Waals surface area contributed by atoms with Crippen molar-refractivity contribution in [3.8, 4) is 5.75 Å². The molecule has 1 atom stereocenters. The second kappa shape index (κ2) is 10.9. The molecule has 0 aliphatic carbocycles. The minimum absolute atomic E-state index is 0.0149. The fourth-order valence-electron chi connectivity index (χ4n) is 3.22. The topological polar surface area (TPSA) is 24.5 Å². The van der Waals surface area contributed by atoms with Crippen LogP contribution in [0.3, 0.4) is 0 Å². The summed E-state index contributed by atoms with van der Waals surface area (Å²) in [5.74, 6) is 0.392. The van der Waals surface area contributed by atoms with Crippen LogP contribution in [-0.2, 0) is 6.18 Å². The lowest BCUT2D eigenvalue weighted by Gasteiger charge is -2.23. The summed E-state index contributed by atoms with van der Waals surface area (Å²) in [6.45, 7) is 2.74. The molecule has 2 aromatic carbocycles. The van der Waals surface area contributed by atoms with Gasteiger partial charge in [-0.3, -0.25) is 0 Å². The number of aryl methyl sites for hydroxylation is 1. The van der Waals surface area contributed by atoms with Crippen molar-refractivity contribution in [2.75, 3.05) is 33.1 Å². The van der Waals surface area contributed by atoms with E-state index in [1.54, 1.807) is 7.11 Å². The molecular weight excluding hydrogens is 468 g/mol. The highest BCUT2D eigenvalue weighted by molar-refractivity contribution is 7.80. The van der Waals surface area contributed by atoms with Crippen molar-refractivity contribution in [3.05, 3.63) is 57.1 Å². The highest BCUT2D eigenvalue weighted by Crippen LogP contribution is 2.40. The van der Waals surface area contributed by atoms with Crippen LogP contribution >= 0.6 is 35.4 Å². The van der Waals surface area contributed by atoms with Crippen molar-refractivity contribution in [2.24, 2.45) is 0 Å². The lowest BCUT2D eigenvalue weighted by atomic mass is 9.92. The van der Waals surface area contributed by atoms with Gasteiger partial charge in [-0.05, 0) is 69.7 Å². The van der Waals surface area contributed by atoms with Crippen LogP contribution in [0.25, 0.3) is 0 Å². The molecule has 0 heterocycles. The predicted octanol–water partition coefficient (Wildman–Crippen LogP) is 7.19.